The first kappa shape index (κ1) is 7.04. The van der Waals surface area contributed by atoms with Crippen molar-refractivity contribution in [2.75, 3.05) is 6.54 Å². The molecular weight excluding hydrogens is 154 g/mol. The van der Waals surface area contributed by atoms with Gasteiger partial charge < -0.3 is 5.32 Å². The van der Waals surface area contributed by atoms with Crippen molar-refractivity contribution in [1.82, 2.24) is 5.32 Å². The van der Waals surface area contributed by atoms with Crippen LogP contribution in [0.4, 0.5) is 0 Å². The molecule has 0 aromatic carbocycles. The highest BCUT2D eigenvalue weighted by Gasteiger charge is 2.32. The van der Waals surface area contributed by atoms with Gasteiger partial charge in [0.15, 0.2) is 5.92 Å². The monoisotopic (exact) mass is 161 g/mol. The van der Waals surface area contributed by atoms with Crippen molar-refractivity contribution in [3.05, 3.63) is 11.8 Å². The summed E-state index contributed by atoms with van der Waals surface area (Å²) in [5.41, 5.74) is 1.67. The Hall–Kier alpha value is -1.63. The lowest BCUT2D eigenvalue weighted by atomic mass is 9.95. The molecule has 12 heavy (non-hydrogen) atoms. The number of nitrogens with zero attached hydrogens (tertiary/aromatic N) is 2. The van der Waals surface area contributed by atoms with E-state index in [0.29, 0.717) is 12.3 Å². The largest absolute Gasteiger partial charge is 0.331 e. The summed E-state index contributed by atoms with van der Waals surface area (Å²) in [5.74, 6) is -0.950. The van der Waals surface area contributed by atoms with Crippen LogP contribution in [-0.4, -0.2) is 18.2 Å². The molecule has 1 unspecified atom stereocenters. The predicted molar refractivity (Wildman–Crippen MR) is 42.2 cm³/mol. The zero-order valence-corrected chi connectivity index (χ0v) is 6.37. The van der Waals surface area contributed by atoms with Gasteiger partial charge in [-0.2, -0.15) is 5.26 Å². The summed E-state index contributed by atoms with van der Waals surface area (Å²) >= 11 is 0. The summed E-state index contributed by atoms with van der Waals surface area (Å²) in [4.78, 5) is 15.2. The first-order valence-corrected chi connectivity index (χ1v) is 3.76. The number of rotatable bonds is 0. The molecule has 0 aromatic heterocycles. The third kappa shape index (κ3) is 0.832. The van der Waals surface area contributed by atoms with E-state index in [0.717, 1.165) is 12.0 Å². The molecule has 0 radical (unpaired) electrons. The van der Waals surface area contributed by atoms with Gasteiger partial charge in [-0.05, 0) is 12.0 Å². The minimum Gasteiger partial charge on any atom is -0.331 e. The quantitative estimate of drug-likeness (QED) is 0.542. The molecule has 1 atom stereocenters. The number of hydrogen-bond acceptors (Lipinski definition) is 3. The lowest BCUT2D eigenvalue weighted by Gasteiger charge is -2.15. The van der Waals surface area contributed by atoms with Gasteiger partial charge in [0, 0.05) is 12.7 Å². The van der Waals surface area contributed by atoms with E-state index < -0.39 is 5.92 Å². The lowest BCUT2D eigenvalue weighted by molar-refractivity contribution is -0.120. The van der Waals surface area contributed by atoms with Crippen molar-refractivity contribution in [3.63, 3.8) is 0 Å². The van der Waals surface area contributed by atoms with Crippen LogP contribution in [0.3, 0.4) is 0 Å². The molecular formula is C8H7N3O. The summed E-state index contributed by atoms with van der Waals surface area (Å²) in [6, 6.07) is 1.94. The van der Waals surface area contributed by atoms with E-state index in [-0.39, 0.29) is 5.91 Å². The van der Waals surface area contributed by atoms with E-state index in [1.807, 2.05) is 6.07 Å². The molecule has 60 valence electrons. The molecule has 4 heteroatoms. The molecule has 1 N–H and O–H groups in total. The number of nitrogens with one attached hydrogen (secondary N) is 1. The zero-order chi connectivity index (χ0) is 8.55. The fraction of sp³-hybridized carbons (Fsp3) is 0.375. The Labute approximate surface area is 69.6 Å². The van der Waals surface area contributed by atoms with Gasteiger partial charge in [0.05, 0.1) is 11.8 Å². The average Bonchev–Trinajstić information content (AvgIpc) is 2.52. The number of amides is 1. The molecule has 2 aliphatic heterocycles. The Morgan fingerprint density at radius 3 is 3.33 bits per heavy atom. The molecule has 0 bridgehead atoms. The van der Waals surface area contributed by atoms with Gasteiger partial charge in [-0.1, -0.05) is 0 Å². The van der Waals surface area contributed by atoms with Crippen LogP contribution in [0.25, 0.3) is 0 Å². The molecule has 0 saturated carbocycles. The van der Waals surface area contributed by atoms with Crippen molar-refractivity contribution in [3.8, 4) is 6.07 Å². The normalized spacial score (nSPS) is 26.6. The van der Waals surface area contributed by atoms with Crippen LogP contribution in [0.1, 0.15) is 6.42 Å². The number of carbonyl (C=O) groups excluding carboxylic acids is 1. The van der Waals surface area contributed by atoms with Gasteiger partial charge in [-0.15, -0.1) is 0 Å². The van der Waals surface area contributed by atoms with E-state index in [9.17, 15) is 4.79 Å². The van der Waals surface area contributed by atoms with Crippen LogP contribution in [0, 0.1) is 17.2 Å². The maximum Gasteiger partial charge on any atom is 0.247 e. The maximum absolute atomic E-state index is 11.1. The van der Waals surface area contributed by atoms with Gasteiger partial charge >= 0.3 is 0 Å². The summed E-state index contributed by atoms with van der Waals surface area (Å²) in [7, 11) is 0. The van der Waals surface area contributed by atoms with Crippen LogP contribution in [-0.2, 0) is 4.79 Å². The Kier molecular flexibility index (Phi) is 1.44. The highest BCUT2D eigenvalue weighted by atomic mass is 16.1. The molecule has 1 amide bonds. The number of carbonyl (C=O) groups is 1. The van der Waals surface area contributed by atoms with Gasteiger partial charge in [0.1, 0.15) is 0 Å². The molecule has 2 heterocycles. The van der Waals surface area contributed by atoms with Gasteiger partial charge in [-0.3, -0.25) is 9.79 Å². The van der Waals surface area contributed by atoms with Crippen LogP contribution >= 0.6 is 0 Å². The van der Waals surface area contributed by atoms with Crippen LogP contribution in [0.15, 0.2) is 16.8 Å². The third-order valence-electron chi connectivity index (χ3n) is 2.05. The highest BCUT2D eigenvalue weighted by molar-refractivity contribution is 6.17. The Bertz CT molecular complexity index is 335. The van der Waals surface area contributed by atoms with Crippen molar-refractivity contribution >= 4 is 11.6 Å². The molecule has 4 nitrogen and oxygen atoms in total. The van der Waals surface area contributed by atoms with Crippen molar-refractivity contribution in [2.24, 2.45) is 10.9 Å². The minimum atomic E-state index is -0.688. The second-order valence-electron chi connectivity index (χ2n) is 2.76. The predicted octanol–water partition coefficient (Wildman–Crippen LogP) is -0.0154. The maximum atomic E-state index is 11.1. The van der Waals surface area contributed by atoms with Crippen molar-refractivity contribution < 1.29 is 4.79 Å². The summed E-state index contributed by atoms with van der Waals surface area (Å²) in [6.07, 6.45) is 2.50. The third-order valence-corrected chi connectivity index (χ3v) is 2.05. The van der Waals surface area contributed by atoms with E-state index in [4.69, 9.17) is 5.26 Å². The molecule has 2 rings (SSSR count). The van der Waals surface area contributed by atoms with E-state index in [1.54, 1.807) is 6.20 Å². The average molecular weight is 161 g/mol. The second-order valence-corrected chi connectivity index (χ2v) is 2.76. The molecule has 0 fully saturated rings. The molecule has 0 spiro atoms. The zero-order valence-electron chi connectivity index (χ0n) is 6.37. The minimum absolute atomic E-state index is 0.262. The van der Waals surface area contributed by atoms with E-state index in [1.165, 1.54) is 0 Å². The Balaban J connectivity index is 2.42. The van der Waals surface area contributed by atoms with Gasteiger partial charge in [0.25, 0.3) is 0 Å². The van der Waals surface area contributed by atoms with Crippen LogP contribution < -0.4 is 5.32 Å². The molecule has 0 saturated heterocycles. The molecule has 0 aliphatic carbocycles. The van der Waals surface area contributed by atoms with Crippen LogP contribution in [0.5, 0.6) is 0 Å². The summed E-state index contributed by atoms with van der Waals surface area (Å²) in [6.45, 7) is 0.703. The standard InChI is InChI=1S/C8H7N3O/c9-3-6-7-5(1-2-10-7)4-11-8(6)12/h4,6H,1-2H2,(H,11,12). The summed E-state index contributed by atoms with van der Waals surface area (Å²) in [5, 5.41) is 11.2. The number of nitriles is 1. The van der Waals surface area contributed by atoms with Gasteiger partial charge in [-0.25, -0.2) is 0 Å². The first-order valence-electron chi connectivity index (χ1n) is 3.76. The highest BCUT2D eigenvalue weighted by Crippen LogP contribution is 2.21. The fourth-order valence-electron chi connectivity index (χ4n) is 1.43. The lowest BCUT2D eigenvalue weighted by Crippen LogP contribution is -2.36. The number of aliphatic imine (C=N–C) groups is 1. The van der Waals surface area contributed by atoms with Crippen molar-refractivity contribution in [1.29, 1.82) is 5.26 Å². The first-order chi connectivity index (χ1) is 5.83. The number of fused-ring (bicyclic) bond motifs is 1. The van der Waals surface area contributed by atoms with Crippen molar-refractivity contribution in [2.45, 2.75) is 6.42 Å². The number of hydrogen-bond donors (Lipinski definition) is 1. The summed E-state index contributed by atoms with van der Waals surface area (Å²) < 4.78 is 0. The molecule has 0 aromatic rings. The smallest absolute Gasteiger partial charge is 0.247 e. The SMILES string of the molecule is N#CC1C(=O)NC=C2CCN=C21. The Morgan fingerprint density at radius 2 is 2.58 bits per heavy atom. The second kappa shape index (κ2) is 2.45. The Morgan fingerprint density at radius 1 is 1.75 bits per heavy atom. The van der Waals surface area contributed by atoms with Gasteiger partial charge in [0.2, 0.25) is 5.91 Å². The van der Waals surface area contributed by atoms with Crippen LogP contribution in [0.2, 0.25) is 0 Å². The van der Waals surface area contributed by atoms with E-state index in [2.05, 4.69) is 10.3 Å². The molecule has 2 aliphatic rings. The fourth-order valence-corrected chi connectivity index (χ4v) is 1.43. The topological polar surface area (TPSA) is 65.2 Å². The van der Waals surface area contributed by atoms with E-state index >= 15 is 0 Å².